The molecular formula is C16H30O5. The van der Waals surface area contributed by atoms with E-state index < -0.39 is 24.4 Å². The lowest BCUT2D eigenvalue weighted by Gasteiger charge is -2.20. The highest BCUT2D eigenvalue weighted by atomic mass is 16.5. The third kappa shape index (κ3) is 7.38. The van der Waals surface area contributed by atoms with Gasteiger partial charge in [-0.1, -0.05) is 38.3 Å². The third-order valence-corrected chi connectivity index (χ3v) is 3.68. The van der Waals surface area contributed by atoms with Gasteiger partial charge < -0.3 is 24.8 Å². The molecule has 1 saturated heterocycles. The fraction of sp³-hybridized carbons (Fsp3) is 0.875. The Hall–Kier alpha value is -0.460. The first kappa shape index (κ1) is 18.6. The number of hydrogen-bond acceptors (Lipinski definition) is 5. The Labute approximate surface area is 127 Å². The van der Waals surface area contributed by atoms with E-state index in [-0.39, 0.29) is 13.2 Å². The number of allylic oxidation sites excluding steroid dienone is 1. The van der Waals surface area contributed by atoms with Gasteiger partial charge in [0.2, 0.25) is 0 Å². The van der Waals surface area contributed by atoms with Gasteiger partial charge in [0.25, 0.3) is 0 Å². The number of rotatable bonds is 11. The minimum absolute atomic E-state index is 0.0592. The van der Waals surface area contributed by atoms with Gasteiger partial charge in [0.15, 0.2) is 0 Å². The highest BCUT2D eigenvalue weighted by Crippen LogP contribution is 2.17. The van der Waals surface area contributed by atoms with Crippen LogP contribution >= 0.6 is 0 Å². The molecule has 0 aromatic carbocycles. The molecule has 0 spiro atoms. The minimum Gasteiger partial charge on any atom is -0.388 e. The van der Waals surface area contributed by atoms with Gasteiger partial charge in [-0.25, -0.2) is 0 Å². The summed E-state index contributed by atoms with van der Waals surface area (Å²) >= 11 is 0. The standard InChI is InChI=1S/C16H30O5/c1-2-3-4-5-6-7-8-9-10-20-11-14(18)16-15(19)13(17)12-21-16/h7-8,13-19H,2-6,9-12H2,1H3/b8-7+/t13-,14+,15+,16+/m1/s1. The van der Waals surface area contributed by atoms with Crippen LogP contribution in [0.15, 0.2) is 12.2 Å². The molecule has 3 N–H and O–H groups in total. The summed E-state index contributed by atoms with van der Waals surface area (Å²) in [5.74, 6) is 0. The third-order valence-electron chi connectivity index (χ3n) is 3.68. The van der Waals surface area contributed by atoms with Crippen LogP contribution in [0.25, 0.3) is 0 Å². The van der Waals surface area contributed by atoms with Crippen molar-refractivity contribution in [1.29, 1.82) is 0 Å². The number of hydrogen-bond donors (Lipinski definition) is 3. The van der Waals surface area contributed by atoms with Gasteiger partial charge in [-0.15, -0.1) is 0 Å². The molecule has 124 valence electrons. The zero-order valence-corrected chi connectivity index (χ0v) is 13.0. The van der Waals surface area contributed by atoms with Crippen molar-refractivity contribution in [1.82, 2.24) is 0 Å². The predicted molar refractivity (Wildman–Crippen MR) is 81.1 cm³/mol. The molecule has 0 amide bonds. The normalized spacial score (nSPS) is 27.5. The van der Waals surface area contributed by atoms with Crippen LogP contribution in [-0.2, 0) is 9.47 Å². The van der Waals surface area contributed by atoms with Gasteiger partial charge in [-0.2, -0.15) is 0 Å². The first-order valence-corrected chi connectivity index (χ1v) is 8.05. The lowest BCUT2D eigenvalue weighted by atomic mass is 10.1. The molecule has 1 rings (SSSR count). The molecule has 1 fully saturated rings. The van der Waals surface area contributed by atoms with Crippen molar-refractivity contribution in [3.63, 3.8) is 0 Å². The van der Waals surface area contributed by atoms with Gasteiger partial charge in [-0.3, -0.25) is 0 Å². The number of aliphatic hydroxyl groups excluding tert-OH is 3. The summed E-state index contributed by atoms with van der Waals surface area (Å²) in [7, 11) is 0. The Morgan fingerprint density at radius 3 is 2.62 bits per heavy atom. The molecule has 0 aliphatic carbocycles. The quantitative estimate of drug-likeness (QED) is 0.397. The first-order chi connectivity index (χ1) is 10.2. The van der Waals surface area contributed by atoms with Gasteiger partial charge in [0.05, 0.1) is 19.8 Å². The molecule has 0 bridgehead atoms. The Balaban J connectivity index is 1.97. The SMILES string of the molecule is CCCCCC/C=C/CCOC[C@H](O)[C@@H]1OC[C@@H](O)[C@@H]1O. The minimum atomic E-state index is -1.04. The topological polar surface area (TPSA) is 79.2 Å². The Kier molecular flexibility index (Phi) is 9.87. The fourth-order valence-corrected chi connectivity index (χ4v) is 2.34. The van der Waals surface area contributed by atoms with E-state index in [1.54, 1.807) is 0 Å². The maximum absolute atomic E-state index is 9.82. The zero-order chi connectivity index (χ0) is 15.5. The molecule has 0 aromatic rings. The van der Waals surface area contributed by atoms with Gasteiger partial charge in [0.1, 0.15) is 24.4 Å². The second-order valence-electron chi connectivity index (χ2n) is 5.61. The lowest BCUT2D eigenvalue weighted by Crippen LogP contribution is -2.40. The van der Waals surface area contributed by atoms with E-state index in [1.165, 1.54) is 25.7 Å². The summed E-state index contributed by atoms with van der Waals surface area (Å²) < 4.78 is 10.5. The first-order valence-electron chi connectivity index (χ1n) is 8.05. The van der Waals surface area contributed by atoms with E-state index in [4.69, 9.17) is 9.47 Å². The van der Waals surface area contributed by atoms with Crippen LogP contribution in [0, 0.1) is 0 Å². The molecule has 5 heteroatoms. The molecule has 1 heterocycles. The van der Waals surface area contributed by atoms with Crippen LogP contribution < -0.4 is 0 Å². The molecular weight excluding hydrogens is 272 g/mol. The van der Waals surface area contributed by atoms with Crippen molar-refractivity contribution in [2.45, 2.75) is 69.9 Å². The Morgan fingerprint density at radius 2 is 1.95 bits per heavy atom. The molecule has 1 aliphatic heterocycles. The Bertz CT molecular complexity index is 282. The molecule has 0 aromatic heterocycles. The van der Waals surface area contributed by atoms with Crippen LogP contribution in [0.1, 0.15) is 45.4 Å². The molecule has 4 atom stereocenters. The summed E-state index contributed by atoms with van der Waals surface area (Å²) in [4.78, 5) is 0. The monoisotopic (exact) mass is 302 g/mol. The molecule has 0 unspecified atom stereocenters. The van der Waals surface area contributed by atoms with Crippen molar-refractivity contribution in [2.24, 2.45) is 0 Å². The smallest absolute Gasteiger partial charge is 0.114 e. The summed E-state index contributed by atoms with van der Waals surface area (Å²) in [6.07, 6.45) is 7.69. The van der Waals surface area contributed by atoms with E-state index in [2.05, 4.69) is 19.1 Å². The number of ether oxygens (including phenoxy) is 2. The summed E-state index contributed by atoms with van der Waals surface area (Å²) in [6.45, 7) is 2.91. The van der Waals surface area contributed by atoms with Crippen LogP contribution in [-0.4, -0.2) is 59.6 Å². The molecule has 0 radical (unpaired) electrons. The fourth-order valence-electron chi connectivity index (χ4n) is 2.34. The number of aliphatic hydroxyl groups is 3. The predicted octanol–water partition coefficient (Wildman–Crippen LogP) is 1.40. The average Bonchev–Trinajstić information content (AvgIpc) is 2.81. The molecule has 1 aliphatic rings. The maximum atomic E-state index is 9.82. The van der Waals surface area contributed by atoms with Gasteiger partial charge in [0, 0.05) is 0 Å². The van der Waals surface area contributed by atoms with Crippen LogP contribution in [0.3, 0.4) is 0 Å². The second kappa shape index (κ2) is 11.2. The summed E-state index contributed by atoms with van der Waals surface area (Å²) in [5, 5.41) is 28.7. The van der Waals surface area contributed by atoms with Crippen LogP contribution in [0.4, 0.5) is 0 Å². The van der Waals surface area contributed by atoms with Crippen molar-refractivity contribution in [3.8, 4) is 0 Å². The molecule has 0 saturated carbocycles. The van der Waals surface area contributed by atoms with E-state index >= 15 is 0 Å². The summed E-state index contributed by atoms with van der Waals surface area (Å²) in [6, 6.07) is 0. The number of unbranched alkanes of at least 4 members (excludes halogenated alkanes) is 4. The maximum Gasteiger partial charge on any atom is 0.114 e. The van der Waals surface area contributed by atoms with Gasteiger partial charge in [-0.05, 0) is 19.3 Å². The van der Waals surface area contributed by atoms with Crippen molar-refractivity contribution < 1.29 is 24.8 Å². The van der Waals surface area contributed by atoms with Crippen LogP contribution in [0.5, 0.6) is 0 Å². The largest absolute Gasteiger partial charge is 0.388 e. The van der Waals surface area contributed by atoms with E-state index in [0.29, 0.717) is 6.61 Å². The van der Waals surface area contributed by atoms with E-state index in [9.17, 15) is 15.3 Å². The highest BCUT2D eigenvalue weighted by Gasteiger charge is 2.39. The summed E-state index contributed by atoms with van der Waals surface area (Å²) in [5.41, 5.74) is 0. The van der Waals surface area contributed by atoms with Crippen molar-refractivity contribution in [2.75, 3.05) is 19.8 Å². The molecule has 21 heavy (non-hydrogen) atoms. The average molecular weight is 302 g/mol. The van der Waals surface area contributed by atoms with E-state index in [1.807, 2.05) is 0 Å². The Morgan fingerprint density at radius 1 is 1.19 bits per heavy atom. The second-order valence-corrected chi connectivity index (χ2v) is 5.61. The van der Waals surface area contributed by atoms with Crippen molar-refractivity contribution in [3.05, 3.63) is 12.2 Å². The zero-order valence-electron chi connectivity index (χ0n) is 13.0. The molecule has 5 nitrogen and oxygen atoms in total. The van der Waals surface area contributed by atoms with Crippen molar-refractivity contribution >= 4 is 0 Å². The highest BCUT2D eigenvalue weighted by molar-refractivity contribution is 4.88. The van der Waals surface area contributed by atoms with E-state index in [0.717, 1.165) is 12.8 Å². The van der Waals surface area contributed by atoms with Gasteiger partial charge >= 0.3 is 0 Å². The lowest BCUT2D eigenvalue weighted by molar-refractivity contribution is -0.0806. The van der Waals surface area contributed by atoms with Crippen LogP contribution in [0.2, 0.25) is 0 Å².